The quantitative estimate of drug-likeness (QED) is 0.819. The lowest BCUT2D eigenvalue weighted by atomic mass is 10.2. The number of amides is 1. The van der Waals surface area contributed by atoms with Crippen LogP contribution in [-0.2, 0) is 0 Å². The number of carbonyl (C=O) groups excluding carboxylic acids is 1. The van der Waals surface area contributed by atoms with Gasteiger partial charge >= 0.3 is 0 Å². The largest absolute Gasteiger partial charge is 0.350 e. The van der Waals surface area contributed by atoms with Gasteiger partial charge in [-0.15, -0.1) is 11.6 Å². The Morgan fingerprint density at radius 1 is 1.53 bits per heavy atom. The summed E-state index contributed by atoms with van der Waals surface area (Å²) in [5.41, 5.74) is -0.0187. The van der Waals surface area contributed by atoms with Gasteiger partial charge in [0.05, 0.1) is 10.9 Å². The minimum atomic E-state index is -0.628. The fraction of sp³-hybridized carbons (Fsp3) is 0.417. The zero-order valence-electron chi connectivity index (χ0n) is 9.47. The summed E-state index contributed by atoms with van der Waals surface area (Å²) >= 11 is 11.5. The van der Waals surface area contributed by atoms with Crippen LogP contribution in [0.25, 0.3) is 0 Å². The highest BCUT2D eigenvalue weighted by Crippen LogP contribution is 2.14. The molecule has 1 aromatic rings. The molecule has 17 heavy (non-hydrogen) atoms. The van der Waals surface area contributed by atoms with Crippen molar-refractivity contribution in [1.82, 2.24) is 5.32 Å². The lowest BCUT2D eigenvalue weighted by molar-refractivity contribution is 0.0949. The van der Waals surface area contributed by atoms with Gasteiger partial charge in [-0.25, -0.2) is 4.39 Å². The molecule has 2 nitrogen and oxygen atoms in total. The van der Waals surface area contributed by atoms with Gasteiger partial charge in [0.2, 0.25) is 0 Å². The van der Waals surface area contributed by atoms with E-state index in [2.05, 4.69) is 5.32 Å². The molecule has 1 N–H and O–H groups in total. The van der Waals surface area contributed by atoms with Crippen molar-refractivity contribution >= 4 is 29.1 Å². The van der Waals surface area contributed by atoms with Crippen molar-refractivity contribution < 1.29 is 9.18 Å². The standard InChI is InChI=1S/C12H14Cl2FNO/c1-2-3-9(14)7-16-12(17)10-5-4-8(13)6-11(10)15/h4-6,9H,2-3,7H2,1H3,(H,16,17). The van der Waals surface area contributed by atoms with E-state index >= 15 is 0 Å². The Morgan fingerprint density at radius 2 is 2.24 bits per heavy atom. The molecule has 0 aliphatic rings. The maximum absolute atomic E-state index is 13.4. The molecule has 0 heterocycles. The van der Waals surface area contributed by atoms with Crippen LogP contribution < -0.4 is 5.32 Å². The third-order valence-corrected chi connectivity index (χ3v) is 2.87. The number of halogens is 3. The maximum Gasteiger partial charge on any atom is 0.254 e. The third kappa shape index (κ3) is 4.52. The number of hydrogen-bond donors (Lipinski definition) is 1. The fourth-order valence-corrected chi connectivity index (χ4v) is 1.84. The predicted octanol–water partition coefficient (Wildman–Crippen LogP) is 3.62. The van der Waals surface area contributed by atoms with Crippen LogP contribution in [0.3, 0.4) is 0 Å². The van der Waals surface area contributed by atoms with Gasteiger partial charge in [-0.05, 0) is 24.6 Å². The van der Waals surface area contributed by atoms with Crippen molar-refractivity contribution in [2.75, 3.05) is 6.54 Å². The SMILES string of the molecule is CCCC(Cl)CNC(=O)c1ccc(Cl)cc1F. The molecular formula is C12H14Cl2FNO. The summed E-state index contributed by atoms with van der Waals surface area (Å²) in [6.07, 6.45) is 1.75. The summed E-state index contributed by atoms with van der Waals surface area (Å²) in [5, 5.41) is 2.73. The fourth-order valence-electron chi connectivity index (χ4n) is 1.39. The van der Waals surface area contributed by atoms with Crippen LogP contribution >= 0.6 is 23.2 Å². The van der Waals surface area contributed by atoms with E-state index in [1.165, 1.54) is 12.1 Å². The van der Waals surface area contributed by atoms with Crippen LogP contribution in [0.15, 0.2) is 18.2 Å². The molecule has 1 unspecified atom stereocenters. The van der Waals surface area contributed by atoms with Gasteiger partial charge in [0.25, 0.3) is 5.91 Å². The summed E-state index contributed by atoms with van der Waals surface area (Å²) < 4.78 is 13.4. The minimum Gasteiger partial charge on any atom is -0.350 e. The van der Waals surface area contributed by atoms with Gasteiger partial charge in [0.1, 0.15) is 5.82 Å². The van der Waals surface area contributed by atoms with Gasteiger partial charge in [0, 0.05) is 11.6 Å². The van der Waals surface area contributed by atoms with E-state index in [0.29, 0.717) is 6.54 Å². The smallest absolute Gasteiger partial charge is 0.254 e. The molecule has 0 radical (unpaired) electrons. The van der Waals surface area contributed by atoms with Crippen LogP contribution in [0, 0.1) is 5.82 Å². The molecule has 0 aliphatic carbocycles. The summed E-state index contributed by atoms with van der Waals surface area (Å²) in [6.45, 7) is 2.34. The van der Waals surface area contributed by atoms with Gasteiger partial charge in [-0.1, -0.05) is 24.9 Å². The monoisotopic (exact) mass is 277 g/mol. The summed E-state index contributed by atoms with van der Waals surface area (Å²) in [6, 6.07) is 3.94. The minimum absolute atomic E-state index is 0.0187. The first kappa shape index (κ1) is 14.3. The van der Waals surface area contributed by atoms with Crippen LogP contribution in [0.2, 0.25) is 5.02 Å². The average Bonchev–Trinajstić information content (AvgIpc) is 2.26. The molecule has 1 aromatic carbocycles. The van der Waals surface area contributed by atoms with Gasteiger partial charge in [-0.3, -0.25) is 4.79 Å². The summed E-state index contributed by atoms with van der Waals surface area (Å²) in [5.74, 6) is -1.10. The predicted molar refractivity (Wildman–Crippen MR) is 68.3 cm³/mol. The highest BCUT2D eigenvalue weighted by molar-refractivity contribution is 6.30. The Balaban J connectivity index is 2.58. The van der Waals surface area contributed by atoms with E-state index in [4.69, 9.17) is 23.2 Å². The highest BCUT2D eigenvalue weighted by Gasteiger charge is 2.13. The van der Waals surface area contributed by atoms with E-state index < -0.39 is 11.7 Å². The van der Waals surface area contributed by atoms with Crippen LogP contribution in [0.4, 0.5) is 4.39 Å². The van der Waals surface area contributed by atoms with Crippen molar-refractivity contribution in [1.29, 1.82) is 0 Å². The number of benzene rings is 1. The first-order chi connectivity index (χ1) is 8.04. The zero-order chi connectivity index (χ0) is 12.8. The molecule has 0 spiro atoms. The Hall–Kier alpha value is -0.800. The molecule has 1 rings (SSSR count). The second-order valence-electron chi connectivity index (χ2n) is 3.72. The lowest BCUT2D eigenvalue weighted by Crippen LogP contribution is -2.30. The molecule has 0 aromatic heterocycles. The molecule has 5 heteroatoms. The van der Waals surface area contributed by atoms with E-state index in [9.17, 15) is 9.18 Å². The lowest BCUT2D eigenvalue weighted by Gasteiger charge is -2.10. The Bertz CT molecular complexity index is 398. The van der Waals surface area contributed by atoms with Crippen LogP contribution in [0.5, 0.6) is 0 Å². The zero-order valence-corrected chi connectivity index (χ0v) is 11.0. The molecule has 0 saturated heterocycles. The Morgan fingerprint density at radius 3 is 2.82 bits per heavy atom. The van der Waals surface area contributed by atoms with Crippen LogP contribution in [-0.4, -0.2) is 17.8 Å². The van der Waals surface area contributed by atoms with E-state index in [-0.39, 0.29) is 16.0 Å². The number of rotatable bonds is 5. The Kier molecular flexibility index (Phi) is 5.72. The number of nitrogens with one attached hydrogen (secondary N) is 1. The molecule has 0 saturated carbocycles. The molecule has 0 fully saturated rings. The topological polar surface area (TPSA) is 29.1 Å². The molecular weight excluding hydrogens is 264 g/mol. The summed E-state index contributed by atoms with van der Waals surface area (Å²) in [4.78, 5) is 11.6. The van der Waals surface area contributed by atoms with Gasteiger partial charge < -0.3 is 5.32 Å². The molecule has 0 aliphatic heterocycles. The van der Waals surface area contributed by atoms with E-state index in [1.54, 1.807) is 0 Å². The number of alkyl halides is 1. The molecule has 1 atom stereocenters. The maximum atomic E-state index is 13.4. The van der Waals surface area contributed by atoms with Crippen molar-refractivity contribution in [2.45, 2.75) is 25.1 Å². The number of carbonyl (C=O) groups is 1. The second kappa shape index (κ2) is 6.82. The first-order valence-corrected chi connectivity index (χ1v) is 6.23. The van der Waals surface area contributed by atoms with Crippen molar-refractivity contribution in [3.05, 3.63) is 34.6 Å². The molecule has 94 valence electrons. The number of hydrogen-bond acceptors (Lipinski definition) is 1. The Labute approximate surface area is 110 Å². The van der Waals surface area contributed by atoms with Crippen molar-refractivity contribution in [3.8, 4) is 0 Å². The van der Waals surface area contributed by atoms with Gasteiger partial charge in [-0.2, -0.15) is 0 Å². The van der Waals surface area contributed by atoms with Gasteiger partial charge in [0.15, 0.2) is 0 Å². The third-order valence-electron chi connectivity index (χ3n) is 2.26. The van der Waals surface area contributed by atoms with Crippen LogP contribution in [0.1, 0.15) is 30.1 Å². The van der Waals surface area contributed by atoms with E-state index in [0.717, 1.165) is 18.9 Å². The average molecular weight is 278 g/mol. The first-order valence-electron chi connectivity index (χ1n) is 5.42. The molecule has 1 amide bonds. The van der Waals surface area contributed by atoms with E-state index in [1.807, 2.05) is 6.92 Å². The van der Waals surface area contributed by atoms with Crippen molar-refractivity contribution in [3.63, 3.8) is 0 Å². The second-order valence-corrected chi connectivity index (χ2v) is 4.77. The molecule has 0 bridgehead atoms. The normalized spacial score (nSPS) is 12.2. The van der Waals surface area contributed by atoms with Crippen molar-refractivity contribution in [2.24, 2.45) is 0 Å². The summed E-state index contributed by atoms with van der Waals surface area (Å²) in [7, 11) is 0. The highest BCUT2D eigenvalue weighted by atomic mass is 35.5.